The minimum absolute atomic E-state index is 0.0772. The average Bonchev–Trinajstić information content (AvgIpc) is 2.99. The maximum atomic E-state index is 13.1. The van der Waals surface area contributed by atoms with E-state index in [0.717, 1.165) is 12.0 Å². The molecule has 1 aromatic heterocycles. The molecule has 5 heteroatoms. The van der Waals surface area contributed by atoms with E-state index in [9.17, 15) is 9.18 Å². The third-order valence-electron chi connectivity index (χ3n) is 3.39. The molecule has 0 bridgehead atoms. The molecule has 1 fully saturated rings. The second-order valence-corrected chi connectivity index (χ2v) is 4.91. The zero-order valence-corrected chi connectivity index (χ0v) is 10.8. The number of nitrogens with one attached hydrogen (secondary N) is 2. The predicted molar refractivity (Wildman–Crippen MR) is 71.6 cm³/mol. The monoisotopic (exact) mass is 274 g/mol. The molecule has 0 spiro atoms. The van der Waals surface area contributed by atoms with E-state index >= 15 is 0 Å². The Hall–Kier alpha value is -2.30. The molecule has 20 heavy (non-hydrogen) atoms. The van der Waals surface area contributed by atoms with Gasteiger partial charge in [-0.25, -0.2) is 9.18 Å². The average molecular weight is 274 g/mol. The summed E-state index contributed by atoms with van der Waals surface area (Å²) >= 11 is 0. The number of rotatable bonds is 4. The van der Waals surface area contributed by atoms with Crippen LogP contribution in [0.5, 0.6) is 0 Å². The van der Waals surface area contributed by atoms with Crippen LogP contribution in [0.2, 0.25) is 0 Å². The van der Waals surface area contributed by atoms with Crippen molar-refractivity contribution in [3.63, 3.8) is 0 Å². The summed E-state index contributed by atoms with van der Waals surface area (Å²) in [7, 11) is 0. The Bertz CT molecular complexity index is 598. The minimum Gasteiger partial charge on any atom is -0.467 e. The Balaban J connectivity index is 1.47. The molecule has 0 saturated heterocycles. The van der Waals surface area contributed by atoms with Gasteiger partial charge in [-0.1, -0.05) is 12.1 Å². The Morgan fingerprint density at radius 3 is 3.00 bits per heavy atom. The summed E-state index contributed by atoms with van der Waals surface area (Å²) in [6.07, 6.45) is 2.41. The van der Waals surface area contributed by atoms with E-state index < -0.39 is 0 Å². The van der Waals surface area contributed by atoms with E-state index in [1.165, 1.54) is 12.1 Å². The van der Waals surface area contributed by atoms with E-state index in [1.807, 2.05) is 6.07 Å². The Kier molecular flexibility index (Phi) is 3.41. The molecule has 2 N–H and O–H groups in total. The first-order valence-corrected chi connectivity index (χ1v) is 6.54. The van der Waals surface area contributed by atoms with E-state index in [-0.39, 0.29) is 23.8 Å². The lowest BCUT2D eigenvalue weighted by Crippen LogP contribution is -2.36. The van der Waals surface area contributed by atoms with Crippen molar-refractivity contribution in [3.8, 4) is 0 Å². The molecule has 3 rings (SSSR count). The van der Waals surface area contributed by atoms with Crippen molar-refractivity contribution in [1.29, 1.82) is 0 Å². The molecule has 104 valence electrons. The molecule has 0 unspecified atom stereocenters. The van der Waals surface area contributed by atoms with E-state index in [2.05, 4.69) is 10.6 Å². The number of hydrogen-bond acceptors (Lipinski definition) is 2. The van der Waals surface area contributed by atoms with Crippen molar-refractivity contribution in [3.05, 3.63) is 59.8 Å². The smallest absolute Gasteiger partial charge is 0.315 e. The first-order valence-electron chi connectivity index (χ1n) is 6.54. The molecule has 2 amide bonds. The lowest BCUT2D eigenvalue weighted by Gasteiger charge is -2.06. The first kappa shape index (κ1) is 12.7. The first-order chi connectivity index (χ1) is 9.72. The molecular weight excluding hydrogens is 259 g/mol. The molecule has 0 radical (unpaired) electrons. The van der Waals surface area contributed by atoms with Gasteiger partial charge in [-0.2, -0.15) is 0 Å². The van der Waals surface area contributed by atoms with Crippen LogP contribution in [0, 0.1) is 5.82 Å². The van der Waals surface area contributed by atoms with Crippen LogP contribution in [-0.2, 0) is 6.54 Å². The van der Waals surface area contributed by atoms with Gasteiger partial charge in [-0.05, 0) is 36.2 Å². The molecule has 1 aliphatic rings. The van der Waals surface area contributed by atoms with Gasteiger partial charge in [-0.15, -0.1) is 0 Å². The highest BCUT2D eigenvalue weighted by Crippen LogP contribution is 2.40. The fourth-order valence-corrected chi connectivity index (χ4v) is 2.26. The second-order valence-electron chi connectivity index (χ2n) is 4.91. The Morgan fingerprint density at radius 1 is 1.35 bits per heavy atom. The quantitative estimate of drug-likeness (QED) is 0.900. The zero-order chi connectivity index (χ0) is 13.9. The van der Waals surface area contributed by atoms with Crippen LogP contribution in [0.3, 0.4) is 0 Å². The van der Waals surface area contributed by atoms with Crippen molar-refractivity contribution in [2.24, 2.45) is 0 Å². The van der Waals surface area contributed by atoms with Gasteiger partial charge >= 0.3 is 6.03 Å². The molecule has 2 atom stereocenters. The third kappa shape index (κ3) is 2.99. The van der Waals surface area contributed by atoms with Crippen molar-refractivity contribution in [2.45, 2.75) is 24.9 Å². The summed E-state index contributed by atoms with van der Waals surface area (Å²) in [6, 6.07) is 9.94. The third-order valence-corrected chi connectivity index (χ3v) is 3.39. The van der Waals surface area contributed by atoms with E-state index in [4.69, 9.17) is 4.42 Å². The van der Waals surface area contributed by atoms with Gasteiger partial charge < -0.3 is 15.1 Å². The van der Waals surface area contributed by atoms with Gasteiger partial charge in [-0.3, -0.25) is 0 Å². The van der Waals surface area contributed by atoms with Gasteiger partial charge in [0.05, 0.1) is 12.8 Å². The van der Waals surface area contributed by atoms with Gasteiger partial charge in [0.15, 0.2) is 0 Å². The molecular formula is C15H15FN2O2. The normalized spacial score (nSPS) is 20.4. The molecule has 1 aromatic carbocycles. The number of amides is 2. The van der Waals surface area contributed by atoms with Gasteiger partial charge in [0.1, 0.15) is 11.6 Å². The van der Waals surface area contributed by atoms with E-state index in [1.54, 1.807) is 24.5 Å². The molecule has 4 nitrogen and oxygen atoms in total. The molecule has 0 aliphatic heterocycles. The highest BCUT2D eigenvalue weighted by atomic mass is 19.1. The fraction of sp³-hybridized carbons (Fsp3) is 0.267. The van der Waals surface area contributed by atoms with Crippen LogP contribution in [-0.4, -0.2) is 12.1 Å². The van der Waals surface area contributed by atoms with Gasteiger partial charge in [0.2, 0.25) is 0 Å². The van der Waals surface area contributed by atoms with Crippen LogP contribution in [0.4, 0.5) is 9.18 Å². The number of urea groups is 1. The van der Waals surface area contributed by atoms with Crippen LogP contribution < -0.4 is 10.6 Å². The molecule has 2 aromatic rings. The lowest BCUT2D eigenvalue weighted by molar-refractivity contribution is 0.239. The van der Waals surface area contributed by atoms with Crippen molar-refractivity contribution in [2.75, 3.05) is 0 Å². The summed E-state index contributed by atoms with van der Waals surface area (Å²) < 4.78 is 18.2. The number of carbonyl (C=O) groups is 1. The van der Waals surface area contributed by atoms with Crippen LogP contribution in [0.1, 0.15) is 23.7 Å². The fourth-order valence-electron chi connectivity index (χ4n) is 2.26. The van der Waals surface area contributed by atoms with Crippen molar-refractivity contribution < 1.29 is 13.6 Å². The van der Waals surface area contributed by atoms with Gasteiger partial charge in [0, 0.05) is 12.0 Å². The summed E-state index contributed by atoms with van der Waals surface area (Å²) in [5.74, 6) is 0.674. The second kappa shape index (κ2) is 5.36. The molecule has 1 aliphatic carbocycles. The largest absolute Gasteiger partial charge is 0.467 e. The molecule has 1 heterocycles. The minimum atomic E-state index is -0.240. The van der Waals surface area contributed by atoms with Gasteiger partial charge in [0.25, 0.3) is 0 Å². The highest BCUT2D eigenvalue weighted by Gasteiger charge is 2.39. The van der Waals surface area contributed by atoms with Crippen molar-refractivity contribution >= 4 is 6.03 Å². The number of hydrogen-bond donors (Lipinski definition) is 2. The Morgan fingerprint density at radius 2 is 2.25 bits per heavy atom. The topological polar surface area (TPSA) is 54.3 Å². The van der Waals surface area contributed by atoms with Crippen LogP contribution in [0.25, 0.3) is 0 Å². The number of benzene rings is 1. The summed E-state index contributed by atoms with van der Waals surface area (Å²) in [5, 5.41) is 5.59. The van der Waals surface area contributed by atoms with Crippen LogP contribution >= 0.6 is 0 Å². The summed E-state index contributed by atoms with van der Waals surface area (Å²) in [6.45, 7) is 0.357. The van der Waals surface area contributed by atoms with E-state index in [0.29, 0.717) is 12.3 Å². The SMILES string of the molecule is O=C(NCc1ccco1)N[C@@H]1C[C@H]1c1cccc(F)c1. The highest BCUT2D eigenvalue weighted by molar-refractivity contribution is 5.74. The number of furan rings is 1. The maximum Gasteiger partial charge on any atom is 0.315 e. The maximum absolute atomic E-state index is 13.1. The number of halogens is 1. The summed E-state index contributed by atoms with van der Waals surface area (Å²) in [4.78, 5) is 11.7. The summed E-state index contributed by atoms with van der Waals surface area (Å²) in [5.41, 5.74) is 0.932. The lowest BCUT2D eigenvalue weighted by atomic mass is 10.1. The van der Waals surface area contributed by atoms with Crippen molar-refractivity contribution in [1.82, 2.24) is 10.6 Å². The Labute approximate surface area is 116 Å². The standard InChI is InChI=1S/C15H15FN2O2/c16-11-4-1-3-10(7-11)13-8-14(13)18-15(19)17-9-12-5-2-6-20-12/h1-7,13-14H,8-9H2,(H2,17,18,19)/t13-,14+/m0/s1. The zero-order valence-electron chi connectivity index (χ0n) is 10.8. The predicted octanol–water partition coefficient (Wildman–Crippen LogP) is 2.77. The molecule has 1 saturated carbocycles. The van der Waals surface area contributed by atoms with Crippen LogP contribution in [0.15, 0.2) is 47.1 Å². The number of carbonyl (C=O) groups excluding carboxylic acids is 1.